The molecule has 0 aliphatic carbocycles. The van der Waals surface area contributed by atoms with Gasteiger partial charge < -0.3 is 20.5 Å². The molecule has 0 saturated heterocycles. The Morgan fingerprint density at radius 1 is 1.38 bits per heavy atom. The lowest BCUT2D eigenvalue weighted by atomic mass is 10.2. The highest BCUT2D eigenvalue weighted by Crippen LogP contribution is 2.41. The molecule has 120 valence electrons. The number of thiophene rings is 1. The number of anilines is 2. The zero-order valence-electron chi connectivity index (χ0n) is 12.9. The summed E-state index contributed by atoms with van der Waals surface area (Å²) >= 11 is 2.92. The van der Waals surface area contributed by atoms with Gasteiger partial charge in [-0.05, 0) is 32.4 Å². The summed E-state index contributed by atoms with van der Waals surface area (Å²) in [6.07, 6.45) is 5.19. The quantitative estimate of drug-likeness (QED) is 0.388. The van der Waals surface area contributed by atoms with Crippen LogP contribution in [0.25, 0.3) is 0 Å². The maximum absolute atomic E-state index is 11.9. The average Bonchev–Trinajstić information content (AvgIpc) is 2.79. The zero-order valence-corrected chi connectivity index (χ0v) is 14.5. The molecule has 0 aliphatic heterocycles. The second-order valence-corrected chi connectivity index (χ2v) is 6.25. The third-order valence-corrected chi connectivity index (χ3v) is 4.98. The van der Waals surface area contributed by atoms with Crippen molar-refractivity contribution in [2.45, 2.75) is 31.1 Å². The Morgan fingerprint density at radius 2 is 2.14 bits per heavy atom. The summed E-state index contributed by atoms with van der Waals surface area (Å²) < 4.78 is 10.1. The Labute approximate surface area is 134 Å². The molecular weight excluding hydrogens is 308 g/mol. The van der Waals surface area contributed by atoms with Gasteiger partial charge in [0.1, 0.15) is 9.88 Å². The van der Waals surface area contributed by atoms with Gasteiger partial charge in [-0.3, -0.25) is 0 Å². The minimum absolute atomic E-state index is 0.344. The first kappa shape index (κ1) is 18.1. The van der Waals surface area contributed by atoms with Gasteiger partial charge in [-0.25, -0.2) is 4.79 Å². The maximum atomic E-state index is 11.9. The first-order chi connectivity index (χ1) is 10.2. The summed E-state index contributed by atoms with van der Waals surface area (Å²) in [4.78, 5) is 13.3. The van der Waals surface area contributed by atoms with Crippen LogP contribution in [-0.4, -0.2) is 39.1 Å². The molecule has 3 N–H and O–H groups in total. The van der Waals surface area contributed by atoms with Gasteiger partial charge in [0.25, 0.3) is 0 Å². The lowest BCUT2D eigenvalue weighted by molar-refractivity contribution is 0.0533. The molecule has 0 amide bonds. The van der Waals surface area contributed by atoms with Crippen LogP contribution in [0.1, 0.15) is 35.9 Å². The van der Waals surface area contributed by atoms with Gasteiger partial charge in [0.15, 0.2) is 0 Å². The van der Waals surface area contributed by atoms with Crippen molar-refractivity contribution in [3.63, 3.8) is 0 Å². The number of nitrogen functional groups attached to an aromatic ring is 1. The predicted molar refractivity (Wildman–Crippen MR) is 90.7 cm³/mol. The van der Waals surface area contributed by atoms with Crippen molar-refractivity contribution in [3.05, 3.63) is 4.88 Å². The highest BCUT2D eigenvalue weighted by molar-refractivity contribution is 7.99. The molecule has 1 rings (SSSR count). The molecule has 0 aromatic carbocycles. The number of hydrogen-bond donors (Lipinski definition) is 2. The zero-order chi connectivity index (χ0) is 15.7. The van der Waals surface area contributed by atoms with Crippen molar-refractivity contribution in [2.75, 3.05) is 44.2 Å². The highest BCUT2D eigenvalue weighted by Gasteiger charge is 2.21. The summed E-state index contributed by atoms with van der Waals surface area (Å²) in [6, 6.07) is 0. The molecule has 1 aromatic rings. The lowest BCUT2D eigenvalue weighted by Crippen LogP contribution is -2.04. The molecule has 0 atom stereocenters. The maximum Gasteiger partial charge on any atom is 0.350 e. The number of carbonyl (C=O) groups excluding carboxylic acids is 1. The first-order valence-electron chi connectivity index (χ1n) is 7.01. The topological polar surface area (TPSA) is 73.6 Å². The van der Waals surface area contributed by atoms with Crippen molar-refractivity contribution < 1.29 is 14.3 Å². The lowest BCUT2D eigenvalue weighted by Gasteiger charge is -2.06. The van der Waals surface area contributed by atoms with E-state index in [1.165, 1.54) is 11.3 Å². The fourth-order valence-electron chi connectivity index (χ4n) is 1.85. The van der Waals surface area contributed by atoms with E-state index >= 15 is 0 Å². The summed E-state index contributed by atoms with van der Waals surface area (Å²) in [5.41, 5.74) is 6.57. The molecule has 1 aromatic heterocycles. The number of esters is 1. The largest absolute Gasteiger partial charge is 0.462 e. The van der Waals surface area contributed by atoms with Gasteiger partial charge in [0.05, 0.1) is 17.2 Å². The highest BCUT2D eigenvalue weighted by atomic mass is 32.2. The monoisotopic (exact) mass is 332 g/mol. The molecule has 0 saturated carbocycles. The number of nitrogens with one attached hydrogen (secondary N) is 1. The van der Waals surface area contributed by atoms with E-state index in [4.69, 9.17) is 15.2 Å². The number of hydrogen-bond acceptors (Lipinski definition) is 7. The molecule has 5 nitrogen and oxygen atoms in total. The number of unbranched alkanes of at least 4 members (excludes halogenated alkanes) is 2. The molecule has 7 heteroatoms. The van der Waals surface area contributed by atoms with E-state index in [-0.39, 0.29) is 5.97 Å². The summed E-state index contributed by atoms with van der Waals surface area (Å²) in [6.45, 7) is 3.80. The third kappa shape index (κ3) is 5.41. The Bertz CT molecular complexity index is 450. The van der Waals surface area contributed by atoms with Gasteiger partial charge in [-0.2, -0.15) is 0 Å². The van der Waals surface area contributed by atoms with Crippen molar-refractivity contribution in [1.29, 1.82) is 0 Å². The predicted octanol–water partition coefficient (Wildman–Crippen LogP) is 3.46. The van der Waals surface area contributed by atoms with Crippen LogP contribution in [0.4, 0.5) is 10.7 Å². The van der Waals surface area contributed by atoms with Gasteiger partial charge >= 0.3 is 5.97 Å². The van der Waals surface area contributed by atoms with E-state index in [0.29, 0.717) is 17.2 Å². The van der Waals surface area contributed by atoms with E-state index in [2.05, 4.69) is 5.32 Å². The number of carbonyl (C=O) groups is 1. The Morgan fingerprint density at radius 3 is 2.76 bits per heavy atom. The summed E-state index contributed by atoms with van der Waals surface area (Å²) in [7, 11) is 1.72. The van der Waals surface area contributed by atoms with E-state index < -0.39 is 0 Å². The second-order valence-electron chi connectivity index (χ2n) is 4.41. The number of rotatable bonds is 10. The molecular formula is C14H24N2O3S2. The first-order valence-corrected chi connectivity index (χ1v) is 9.06. The van der Waals surface area contributed by atoms with Gasteiger partial charge in [-0.1, -0.05) is 0 Å². The van der Waals surface area contributed by atoms with Crippen LogP contribution in [0.2, 0.25) is 0 Å². The van der Waals surface area contributed by atoms with Crippen molar-refractivity contribution in [1.82, 2.24) is 0 Å². The minimum atomic E-state index is -0.344. The minimum Gasteiger partial charge on any atom is -0.462 e. The Kier molecular flexibility index (Phi) is 8.56. The van der Waals surface area contributed by atoms with E-state index in [9.17, 15) is 4.79 Å². The van der Waals surface area contributed by atoms with Crippen LogP contribution in [0, 0.1) is 0 Å². The van der Waals surface area contributed by atoms with Crippen molar-refractivity contribution in [2.24, 2.45) is 0 Å². The van der Waals surface area contributed by atoms with E-state index in [0.717, 1.165) is 42.3 Å². The molecule has 0 spiro atoms. The van der Waals surface area contributed by atoms with Gasteiger partial charge in [-0.15, -0.1) is 23.1 Å². The molecule has 0 unspecified atom stereocenters. The Hall–Kier alpha value is -0.920. The smallest absolute Gasteiger partial charge is 0.350 e. The molecule has 21 heavy (non-hydrogen) atoms. The van der Waals surface area contributed by atoms with Crippen LogP contribution in [-0.2, 0) is 9.47 Å². The third-order valence-electron chi connectivity index (χ3n) is 2.88. The second kappa shape index (κ2) is 9.92. The number of thioether (sulfide) groups is 1. The Balaban J connectivity index is 2.61. The van der Waals surface area contributed by atoms with Crippen molar-refractivity contribution in [3.8, 4) is 0 Å². The van der Waals surface area contributed by atoms with E-state index in [1.807, 2.05) is 6.26 Å². The summed E-state index contributed by atoms with van der Waals surface area (Å²) in [5.74, 6) is -0.344. The molecule has 0 fully saturated rings. The van der Waals surface area contributed by atoms with Crippen molar-refractivity contribution >= 4 is 39.8 Å². The molecule has 0 bridgehead atoms. The molecule has 1 heterocycles. The fourth-order valence-corrected chi connectivity index (χ4v) is 3.80. The van der Waals surface area contributed by atoms with Gasteiger partial charge in [0, 0.05) is 20.3 Å². The molecule has 0 radical (unpaired) electrons. The van der Waals surface area contributed by atoms with Crippen LogP contribution in [0.3, 0.4) is 0 Å². The normalized spacial score (nSPS) is 10.6. The van der Waals surface area contributed by atoms with Crippen LogP contribution in [0.5, 0.6) is 0 Å². The van der Waals surface area contributed by atoms with E-state index in [1.54, 1.807) is 25.8 Å². The average molecular weight is 332 g/mol. The number of nitrogens with two attached hydrogens (primary N) is 1. The van der Waals surface area contributed by atoms with Crippen LogP contribution >= 0.6 is 23.1 Å². The standard InChI is InChI=1S/C14H24N2O3S2/c1-4-19-14(17)12-10(15)11(20-3)13(21-12)16-8-6-5-7-9-18-2/h16H,4-9,15H2,1-3H3. The fraction of sp³-hybridized carbons (Fsp3) is 0.643. The van der Waals surface area contributed by atoms with Crippen LogP contribution < -0.4 is 11.1 Å². The van der Waals surface area contributed by atoms with Crippen LogP contribution in [0.15, 0.2) is 4.90 Å². The molecule has 0 aliphatic rings. The number of ether oxygens (including phenoxy) is 2. The van der Waals surface area contributed by atoms with Gasteiger partial charge in [0.2, 0.25) is 0 Å². The number of methoxy groups -OCH3 is 1. The SMILES string of the molecule is CCOC(=O)c1sc(NCCCCCOC)c(SC)c1N. The summed E-state index contributed by atoms with van der Waals surface area (Å²) in [5, 5.41) is 4.32.